The second-order valence-corrected chi connectivity index (χ2v) is 6.48. The number of nitrogens with zero attached hydrogens (tertiary/aromatic N) is 3. The highest BCUT2D eigenvalue weighted by atomic mass is 32.1. The maximum atomic E-state index is 10.7. The highest BCUT2D eigenvalue weighted by molar-refractivity contribution is 7.18. The summed E-state index contributed by atoms with van der Waals surface area (Å²) in [7, 11) is 0. The predicted molar refractivity (Wildman–Crippen MR) is 97.7 cm³/mol. The van der Waals surface area contributed by atoms with Gasteiger partial charge in [0.05, 0.1) is 11.6 Å². The molecule has 0 saturated carbocycles. The van der Waals surface area contributed by atoms with Crippen LogP contribution in [0.15, 0.2) is 35.7 Å². The number of carbonyl (C=O) groups is 1. The molecule has 0 aliphatic rings. The van der Waals surface area contributed by atoms with Crippen LogP contribution in [-0.2, 0) is 4.79 Å². The summed E-state index contributed by atoms with van der Waals surface area (Å²) in [5.74, 6) is 0.0504. The number of benzene rings is 1. The first-order valence-corrected chi connectivity index (χ1v) is 8.31. The number of para-hydroxylation sites is 1. The monoisotopic (exact) mass is 356 g/mol. The summed E-state index contributed by atoms with van der Waals surface area (Å²) in [6.07, 6.45) is 3.07. The predicted octanol–water partition coefficient (Wildman–Crippen LogP) is 3.22. The first kappa shape index (κ1) is 16.8. The Balaban J connectivity index is 1.82. The van der Waals surface area contributed by atoms with Crippen molar-refractivity contribution in [2.24, 2.45) is 5.10 Å². The molecule has 3 aromatic rings. The number of aliphatic carboxylic acids is 1. The number of nitrogens with one attached hydrogen (secondary N) is 1. The second-order valence-electron chi connectivity index (χ2n) is 5.28. The van der Waals surface area contributed by atoms with E-state index in [2.05, 4.69) is 20.5 Å². The Morgan fingerprint density at radius 1 is 1.36 bits per heavy atom. The number of rotatable bonds is 6. The molecule has 8 heteroatoms. The van der Waals surface area contributed by atoms with Gasteiger partial charge in [0.1, 0.15) is 16.9 Å². The van der Waals surface area contributed by atoms with Crippen LogP contribution < -0.4 is 10.2 Å². The maximum Gasteiger partial charge on any atom is 0.341 e. The Kier molecular flexibility index (Phi) is 4.90. The smallest absolute Gasteiger partial charge is 0.341 e. The van der Waals surface area contributed by atoms with Gasteiger partial charge in [-0.25, -0.2) is 14.8 Å². The lowest BCUT2D eigenvalue weighted by molar-refractivity contribution is -0.139. The summed E-state index contributed by atoms with van der Waals surface area (Å²) < 4.78 is 5.25. The van der Waals surface area contributed by atoms with E-state index >= 15 is 0 Å². The minimum absolute atomic E-state index is 0.405. The zero-order chi connectivity index (χ0) is 17.8. The second kappa shape index (κ2) is 7.27. The molecule has 0 aliphatic carbocycles. The zero-order valence-corrected chi connectivity index (χ0v) is 14.5. The number of fused-ring (bicyclic) bond motifs is 1. The molecule has 0 fully saturated rings. The third-order valence-corrected chi connectivity index (χ3v) is 4.72. The van der Waals surface area contributed by atoms with Crippen LogP contribution in [0.1, 0.15) is 16.0 Å². The Labute approximate surface area is 148 Å². The number of anilines is 1. The molecule has 1 aromatic carbocycles. The van der Waals surface area contributed by atoms with Crippen molar-refractivity contribution < 1.29 is 14.6 Å². The average Bonchev–Trinajstić information content (AvgIpc) is 2.89. The standard InChI is InChI=1S/C17H16N4O3S/c1-10-11(2)25-17-15(10)16(18-9-19-17)21-20-7-12-5-3-4-6-13(12)24-8-14(22)23/h3-7,9H,8H2,1-2H3,(H,22,23)(H,18,19,21)/b20-7+. The van der Waals surface area contributed by atoms with Crippen molar-refractivity contribution in [1.29, 1.82) is 0 Å². The van der Waals surface area contributed by atoms with E-state index in [1.807, 2.05) is 19.9 Å². The van der Waals surface area contributed by atoms with Gasteiger partial charge in [0.2, 0.25) is 0 Å². The lowest BCUT2D eigenvalue weighted by Crippen LogP contribution is -2.10. The minimum atomic E-state index is -1.03. The lowest BCUT2D eigenvalue weighted by atomic mass is 10.2. The number of aryl methyl sites for hydroxylation is 2. The molecule has 0 bridgehead atoms. The van der Waals surface area contributed by atoms with Gasteiger partial charge in [0.25, 0.3) is 0 Å². The van der Waals surface area contributed by atoms with Gasteiger partial charge in [-0.15, -0.1) is 11.3 Å². The first-order valence-electron chi connectivity index (χ1n) is 7.49. The van der Waals surface area contributed by atoms with Gasteiger partial charge >= 0.3 is 5.97 Å². The van der Waals surface area contributed by atoms with Gasteiger partial charge in [-0.05, 0) is 31.5 Å². The molecule has 0 aliphatic heterocycles. The summed E-state index contributed by atoms with van der Waals surface area (Å²) >= 11 is 1.62. The van der Waals surface area contributed by atoms with Gasteiger partial charge in [-0.1, -0.05) is 12.1 Å². The largest absolute Gasteiger partial charge is 0.481 e. The van der Waals surface area contributed by atoms with Crippen molar-refractivity contribution in [3.05, 3.63) is 46.6 Å². The Morgan fingerprint density at radius 2 is 2.16 bits per heavy atom. The van der Waals surface area contributed by atoms with E-state index in [1.54, 1.807) is 35.8 Å². The van der Waals surface area contributed by atoms with Crippen molar-refractivity contribution in [2.75, 3.05) is 12.0 Å². The van der Waals surface area contributed by atoms with E-state index in [1.165, 1.54) is 11.2 Å². The summed E-state index contributed by atoms with van der Waals surface area (Å²) in [5.41, 5.74) is 4.73. The van der Waals surface area contributed by atoms with Crippen molar-refractivity contribution in [3.63, 3.8) is 0 Å². The minimum Gasteiger partial charge on any atom is -0.481 e. The molecule has 3 rings (SSSR count). The van der Waals surface area contributed by atoms with Crippen LogP contribution in [0.25, 0.3) is 10.2 Å². The number of carboxylic acids is 1. The fourth-order valence-electron chi connectivity index (χ4n) is 2.29. The van der Waals surface area contributed by atoms with E-state index in [-0.39, 0.29) is 0 Å². The number of hydrogen-bond acceptors (Lipinski definition) is 7. The molecule has 0 unspecified atom stereocenters. The van der Waals surface area contributed by atoms with Crippen molar-refractivity contribution >= 4 is 39.6 Å². The van der Waals surface area contributed by atoms with Crippen LogP contribution in [0.3, 0.4) is 0 Å². The molecular formula is C17H16N4O3S. The fraction of sp³-hybridized carbons (Fsp3) is 0.176. The van der Waals surface area contributed by atoms with Gasteiger partial charge < -0.3 is 9.84 Å². The summed E-state index contributed by atoms with van der Waals surface area (Å²) in [6, 6.07) is 7.08. The fourth-order valence-corrected chi connectivity index (χ4v) is 3.29. The summed E-state index contributed by atoms with van der Waals surface area (Å²) in [4.78, 5) is 21.3. The average molecular weight is 356 g/mol. The third-order valence-electron chi connectivity index (χ3n) is 3.61. The Bertz CT molecular complexity index is 952. The topological polar surface area (TPSA) is 96.7 Å². The number of carboxylic acid groups (broad SMARTS) is 1. The molecule has 128 valence electrons. The van der Waals surface area contributed by atoms with Crippen LogP contribution in [0.4, 0.5) is 5.82 Å². The molecule has 25 heavy (non-hydrogen) atoms. The van der Waals surface area contributed by atoms with Crippen LogP contribution in [0, 0.1) is 13.8 Å². The number of aromatic nitrogens is 2. The molecule has 2 aromatic heterocycles. The van der Waals surface area contributed by atoms with Crippen molar-refractivity contribution in [3.8, 4) is 5.75 Å². The van der Waals surface area contributed by atoms with Gasteiger partial charge in [-0.3, -0.25) is 5.43 Å². The van der Waals surface area contributed by atoms with E-state index in [9.17, 15) is 4.79 Å². The van der Waals surface area contributed by atoms with Gasteiger partial charge in [-0.2, -0.15) is 5.10 Å². The highest BCUT2D eigenvalue weighted by Gasteiger charge is 2.11. The quantitative estimate of drug-likeness (QED) is 0.520. The highest BCUT2D eigenvalue weighted by Crippen LogP contribution is 2.32. The molecule has 0 radical (unpaired) electrons. The number of thiophene rings is 1. The van der Waals surface area contributed by atoms with Gasteiger partial charge in [0, 0.05) is 10.4 Å². The molecule has 0 atom stereocenters. The number of hydrazone groups is 1. The Morgan fingerprint density at radius 3 is 2.96 bits per heavy atom. The number of ether oxygens (including phenoxy) is 1. The Hall–Kier alpha value is -3.00. The normalized spacial score (nSPS) is 11.1. The van der Waals surface area contributed by atoms with E-state index in [0.717, 1.165) is 15.8 Å². The van der Waals surface area contributed by atoms with Crippen LogP contribution >= 0.6 is 11.3 Å². The van der Waals surface area contributed by atoms with E-state index in [0.29, 0.717) is 17.1 Å². The van der Waals surface area contributed by atoms with Gasteiger partial charge in [0.15, 0.2) is 12.4 Å². The van der Waals surface area contributed by atoms with Crippen LogP contribution in [-0.4, -0.2) is 33.9 Å². The van der Waals surface area contributed by atoms with Crippen molar-refractivity contribution in [1.82, 2.24) is 9.97 Å². The van der Waals surface area contributed by atoms with E-state index < -0.39 is 12.6 Å². The molecule has 2 N–H and O–H groups in total. The molecular weight excluding hydrogens is 340 g/mol. The molecule has 0 saturated heterocycles. The zero-order valence-electron chi connectivity index (χ0n) is 13.7. The molecule has 7 nitrogen and oxygen atoms in total. The maximum absolute atomic E-state index is 10.7. The van der Waals surface area contributed by atoms with Crippen molar-refractivity contribution in [2.45, 2.75) is 13.8 Å². The molecule has 2 heterocycles. The molecule has 0 amide bonds. The van der Waals surface area contributed by atoms with Crippen LogP contribution in [0.2, 0.25) is 0 Å². The molecule has 0 spiro atoms. The number of hydrogen-bond donors (Lipinski definition) is 2. The van der Waals surface area contributed by atoms with E-state index in [4.69, 9.17) is 9.84 Å². The van der Waals surface area contributed by atoms with Crippen LogP contribution in [0.5, 0.6) is 5.75 Å². The lowest BCUT2D eigenvalue weighted by Gasteiger charge is -2.06. The summed E-state index contributed by atoms with van der Waals surface area (Å²) in [5, 5.41) is 13.9. The SMILES string of the molecule is Cc1sc2ncnc(N/N=C/c3ccccc3OCC(=O)O)c2c1C. The first-order chi connectivity index (χ1) is 12.1. The summed E-state index contributed by atoms with van der Waals surface area (Å²) in [6.45, 7) is 3.67. The third kappa shape index (κ3) is 3.74.